The molecule has 108 valence electrons. The van der Waals surface area contributed by atoms with Gasteiger partial charge in [0.2, 0.25) is 0 Å². The molecule has 2 rings (SSSR count). The zero-order chi connectivity index (χ0) is 14.4. The van der Waals surface area contributed by atoms with Crippen molar-refractivity contribution >= 4 is 0 Å². The SMILES string of the molecule is CCC[C@H](C#N)N1[C@@H](CCC)OC[C@H]1c1ccccc1. The van der Waals surface area contributed by atoms with Crippen molar-refractivity contribution < 1.29 is 4.74 Å². The Bertz CT molecular complexity index is 440. The molecule has 1 saturated heterocycles. The molecule has 0 aliphatic carbocycles. The van der Waals surface area contributed by atoms with Crippen LogP contribution in [0.3, 0.4) is 0 Å². The summed E-state index contributed by atoms with van der Waals surface area (Å²) in [6, 6.07) is 13.1. The number of ether oxygens (including phenoxy) is 1. The molecule has 1 aliphatic rings. The zero-order valence-electron chi connectivity index (χ0n) is 12.5. The van der Waals surface area contributed by atoms with Gasteiger partial charge >= 0.3 is 0 Å². The van der Waals surface area contributed by atoms with Crippen LogP contribution in [0.15, 0.2) is 30.3 Å². The first kappa shape index (κ1) is 15.0. The Morgan fingerprint density at radius 1 is 1.30 bits per heavy atom. The maximum absolute atomic E-state index is 9.52. The standard InChI is InChI=1S/C17H24N2O/c1-3-8-15(12-18)19-16(13-20-17(19)9-4-2)14-10-6-5-7-11-14/h5-7,10-11,15-17H,3-4,8-9,13H2,1-2H3/t15-,16+,17-/m1/s1. The van der Waals surface area contributed by atoms with E-state index in [0.29, 0.717) is 6.61 Å². The van der Waals surface area contributed by atoms with Crippen molar-refractivity contribution in [1.82, 2.24) is 4.90 Å². The Balaban J connectivity index is 2.24. The fraction of sp³-hybridized carbons (Fsp3) is 0.588. The average Bonchev–Trinajstić information content (AvgIpc) is 2.90. The number of hydrogen-bond donors (Lipinski definition) is 0. The van der Waals surface area contributed by atoms with Crippen LogP contribution in [0.1, 0.15) is 51.1 Å². The highest BCUT2D eigenvalue weighted by molar-refractivity contribution is 5.21. The van der Waals surface area contributed by atoms with E-state index in [1.165, 1.54) is 5.56 Å². The lowest BCUT2D eigenvalue weighted by molar-refractivity contribution is 0.00948. The topological polar surface area (TPSA) is 36.3 Å². The van der Waals surface area contributed by atoms with Gasteiger partial charge in [-0.05, 0) is 18.4 Å². The van der Waals surface area contributed by atoms with Crippen LogP contribution in [0.5, 0.6) is 0 Å². The number of nitrogens with zero attached hydrogens (tertiary/aromatic N) is 2. The van der Waals surface area contributed by atoms with Gasteiger partial charge in [0, 0.05) is 0 Å². The fourth-order valence-corrected chi connectivity index (χ4v) is 2.97. The lowest BCUT2D eigenvalue weighted by Crippen LogP contribution is -2.40. The molecule has 0 aromatic heterocycles. The Labute approximate surface area is 122 Å². The Kier molecular flexibility index (Phi) is 5.58. The minimum Gasteiger partial charge on any atom is -0.361 e. The first-order chi connectivity index (χ1) is 9.81. The Morgan fingerprint density at radius 2 is 2.05 bits per heavy atom. The molecule has 0 N–H and O–H groups in total. The van der Waals surface area contributed by atoms with Gasteiger partial charge < -0.3 is 4.74 Å². The van der Waals surface area contributed by atoms with Gasteiger partial charge in [-0.3, -0.25) is 4.90 Å². The Hall–Kier alpha value is -1.37. The van der Waals surface area contributed by atoms with Crippen LogP contribution in [-0.2, 0) is 4.74 Å². The van der Waals surface area contributed by atoms with Gasteiger partial charge in [0.1, 0.15) is 12.3 Å². The molecular formula is C17H24N2O. The second kappa shape index (κ2) is 7.42. The van der Waals surface area contributed by atoms with Crippen molar-refractivity contribution in [2.75, 3.05) is 6.61 Å². The molecule has 1 fully saturated rings. The van der Waals surface area contributed by atoms with E-state index in [0.717, 1.165) is 25.7 Å². The predicted octanol–water partition coefficient (Wildman–Crippen LogP) is 3.88. The smallest absolute Gasteiger partial charge is 0.112 e. The average molecular weight is 272 g/mol. The monoisotopic (exact) mass is 272 g/mol. The normalized spacial score (nSPS) is 24.4. The molecule has 1 aliphatic heterocycles. The molecule has 20 heavy (non-hydrogen) atoms. The van der Waals surface area contributed by atoms with Crippen LogP contribution < -0.4 is 0 Å². The molecule has 0 amide bonds. The highest BCUT2D eigenvalue weighted by Crippen LogP contribution is 2.35. The minimum atomic E-state index is -0.0516. The van der Waals surface area contributed by atoms with Crippen LogP contribution in [0.4, 0.5) is 0 Å². The summed E-state index contributed by atoms with van der Waals surface area (Å²) in [6.45, 7) is 4.99. The largest absolute Gasteiger partial charge is 0.361 e. The van der Waals surface area contributed by atoms with Crippen LogP contribution in [-0.4, -0.2) is 23.8 Å². The van der Waals surface area contributed by atoms with Crippen molar-refractivity contribution in [3.8, 4) is 6.07 Å². The fourth-order valence-electron chi connectivity index (χ4n) is 2.97. The maximum atomic E-state index is 9.52. The Morgan fingerprint density at radius 3 is 2.65 bits per heavy atom. The summed E-state index contributed by atoms with van der Waals surface area (Å²) in [5, 5.41) is 9.52. The molecule has 1 aromatic carbocycles. The highest BCUT2D eigenvalue weighted by Gasteiger charge is 2.39. The van der Waals surface area contributed by atoms with Gasteiger partial charge in [0.05, 0.1) is 18.7 Å². The van der Waals surface area contributed by atoms with Crippen molar-refractivity contribution in [2.24, 2.45) is 0 Å². The predicted molar refractivity (Wildman–Crippen MR) is 80.0 cm³/mol. The van der Waals surface area contributed by atoms with Crippen molar-refractivity contribution in [2.45, 2.75) is 57.8 Å². The summed E-state index contributed by atoms with van der Waals surface area (Å²) in [5.74, 6) is 0. The zero-order valence-corrected chi connectivity index (χ0v) is 12.5. The number of rotatable bonds is 6. The second-order valence-corrected chi connectivity index (χ2v) is 5.38. The third-order valence-corrected chi connectivity index (χ3v) is 3.93. The summed E-state index contributed by atoms with van der Waals surface area (Å²) in [6.07, 6.45) is 4.08. The molecule has 0 saturated carbocycles. The van der Waals surface area contributed by atoms with Gasteiger partial charge in [-0.1, -0.05) is 57.0 Å². The number of hydrogen-bond acceptors (Lipinski definition) is 3. The lowest BCUT2D eigenvalue weighted by Gasteiger charge is -2.32. The van der Waals surface area contributed by atoms with Crippen LogP contribution in [0.25, 0.3) is 0 Å². The van der Waals surface area contributed by atoms with E-state index in [4.69, 9.17) is 4.74 Å². The third kappa shape index (κ3) is 3.20. The van der Waals surface area contributed by atoms with E-state index in [2.05, 4.69) is 49.1 Å². The molecule has 0 radical (unpaired) electrons. The van der Waals surface area contributed by atoms with E-state index in [1.54, 1.807) is 0 Å². The molecule has 3 nitrogen and oxygen atoms in total. The molecule has 1 heterocycles. The van der Waals surface area contributed by atoms with Gasteiger partial charge in [0.15, 0.2) is 0 Å². The summed E-state index contributed by atoms with van der Waals surface area (Å²) in [7, 11) is 0. The van der Waals surface area contributed by atoms with E-state index in [-0.39, 0.29) is 18.3 Å². The number of benzene rings is 1. The molecule has 0 unspecified atom stereocenters. The second-order valence-electron chi connectivity index (χ2n) is 5.38. The molecule has 3 atom stereocenters. The lowest BCUT2D eigenvalue weighted by atomic mass is 10.0. The van der Waals surface area contributed by atoms with E-state index in [1.807, 2.05) is 6.07 Å². The molecule has 1 aromatic rings. The maximum Gasteiger partial charge on any atom is 0.112 e. The summed E-state index contributed by atoms with van der Waals surface area (Å²) < 4.78 is 5.98. The van der Waals surface area contributed by atoms with Gasteiger partial charge in [0.25, 0.3) is 0 Å². The van der Waals surface area contributed by atoms with E-state index >= 15 is 0 Å². The van der Waals surface area contributed by atoms with E-state index in [9.17, 15) is 5.26 Å². The quantitative estimate of drug-likeness (QED) is 0.788. The van der Waals surface area contributed by atoms with Crippen molar-refractivity contribution in [3.63, 3.8) is 0 Å². The molecular weight excluding hydrogens is 248 g/mol. The first-order valence-electron chi connectivity index (χ1n) is 7.65. The molecule has 0 spiro atoms. The van der Waals surface area contributed by atoms with Crippen LogP contribution >= 0.6 is 0 Å². The summed E-state index contributed by atoms with van der Waals surface area (Å²) in [5.41, 5.74) is 1.25. The number of nitriles is 1. The van der Waals surface area contributed by atoms with Gasteiger partial charge in [-0.15, -0.1) is 0 Å². The third-order valence-electron chi connectivity index (χ3n) is 3.93. The van der Waals surface area contributed by atoms with Crippen LogP contribution in [0.2, 0.25) is 0 Å². The van der Waals surface area contributed by atoms with Crippen molar-refractivity contribution in [3.05, 3.63) is 35.9 Å². The summed E-state index contributed by atoms with van der Waals surface area (Å²) in [4.78, 5) is 2.29. The molecule has 3 heteroatoms. The minimum absolute atomic E-state index is 0.0516. The van der Waals surface area contributed by atoms with Crippen molar-refractivity contribution in [1.29, 1.82) is 5.26 Å². The van der Waals surface area contributed by atoms with Gasteiger partial charge in [-0.2, -0.15) is 5.26 Å². The van der Waals surface area contributed by atoms with Gasteiger partial charge in [-0.25, -0.2) is 0 Å². The first-order valence-corrected chi connectivity index (χ1v) is 7.65. The van der Waals surface area contributed by atoms with E-state index < -0.39 is 0 Å². The van der Waals surface area contributed by atoms with Crippen LogP contribution in [0, 0.1) is 11.3 Å². The summed E-state index contributed by atoms with van der Waals surface area (Å²) >= 11 is 0. The highest BCUT2D eigenvalue weighted by atomic mass is 16.5. The molecule has 0 bridgehead atoms.